The molecule has 0 fully saturated rings. The molecule has 6 nitrogen and oxygen atoms in total. The lowest BCUT2D eigenvalue weighted by atomic mass is 10.0. The molecular formula is C14H23N3O3S2. The zero-order valence-corrected chi connectivity index (χ0v) is 14.9. The first-order chi connectivity index (χ1) is 10.4. The molecule has 0 unspecified atom stereocenters. The fourth-order valence-electron chi connectivity index (χ4n) is 2.51. The number of thiazole rings is 1. The van der Waals surface area contributed by atoms with E-state index in [1.54, 1.807) is 6.92 Å². The maximum Gasteiger partial charge on any atom is 0.229 e. The summed E-state index contributed by atoms with van der Waals surface area (Å²) in [7, 11) is -3.17. The molecule has 1 aromatic rings. The van der Waals surface area contributed by atoms with Crippen LogP contribution in [0, 0.1) is 5.92 Å². The van der Waals surface area contributed by atoms with E-state index in [2.05, 4.69) is 10.3 Å². The summed E-state index contributed by atoms with van der Waals surface area (Å²) in [6.07, 6.45) is 2.21. The number of nitrogens with one attached hydrogen (secondary N) is 1. The maximum atomic E-state index is 12.1. The molecule has 8 heteroatoms. The van der Waals surface area contributed by atoms with Gasteiger partial charge in [-0.05, 0) is 19.8 Å². The van der Waals surface area contributed by atoms with Gasteiger partial charge in [-0.25, -0.2) is 13.4 Å². The van der Waals surface area contributed by atoms with Crippen LogP contribution in [0.3, 0.4) is 0 Å². The van der Waals surface area contributed by atoms with Crippen LogP contribution in [-0.2, 0) is 27.8 Å². The zero-order chi connectivity index (χ0) is 16.3. The van der Waals surface area contributed by atoms with Crippen molar-refractivity contribution < 1.29 is 13.2 Å². The first-order valence-electron chi connectivity index (χ1n) is 7.68. The highest BCUT2D eigenvalue weighted by atomic mass is 32.2. The molecule has 0 bridgehead atoms. The molecule has 0 atom stereocenters. The van der Waals surface area contributed by atoms with Crippen LogP contribution in [0.25, 0.3) is 0 Å². The van der Waals surface area contributed by atoms with Crippen LogP contribution in [0.15, 0.2) is 0 Å². The second-order valence-corrected chi connectivity index (χ2v) is 8.72. The number of hydrogen-bond donors (Lipinski definition) is 1. The Bertz CT molecular complexity index is 636. The van der Waals surface area contributed by atoms with Gasteiger partial charge in [0.1, 0.15) is 0 Å². The summed E-state index contributed by atoms with van der Waals surface area (Å²) >= 11 is 1.38. The topological polar surface area (TPSA) is 79.4 Å². The normalized spacial score (nSPS) is 15.8. The molecule has 0 saturated heterocycles. The number of fused-ring (bicyclic) bond motifs is 1. The molecule has 124 valence electrons. The molecule has 1 amide bonds. The molecule has 1 aliphatic heterocycles. The highest BCUT2D eigenvalue weighted by molar-refractivity contribution is 7.89. The number of amides is 1. The average Bonchev–Trinajstić information content (AvgIpc) is 2.89. The summed E-state index contributed by atoms with van der Waals surface area (Å²) in [5, 5.41) is 3.45. The minimum absolute atomic E-state index is 0.00195. The van der Waals surface area contributed by atoms with Gasteiger partial charge in [0.15, 0.2) is 5.13 Å². The van der Waals surface area contributed by atoms with Crippen molar-refractivity contribution >= 4 is 32.4 Å². The maximum absolute atomic E-state index is 12.1. The number of hydrogen-bond acceptors (Lipinski definition) is 5. The number of carbonyl (C=O) groups excluding carboxylic acids is 1. The van der Waals surface area contributed by atoms with Gasteiger partial charge in [-0.3, -0.25) is 4.79 Å². The van der Waals surface area contributed by atoms with Crippen molar-refractivity contribution in [2.45, 2.75) is 46.6 Å². The lowest BCUT2D eigenvalue weighted by Gasteiger charge is -2.24. The number of sulfonamides is 1. The van der Waals surface area contributed by atoms with Crippen LogP contribution < -0.4 is 5.32 Å². The summed E-state index contributed by atoms with van der Waals surface area (Å²) in [6, 6.07) is 0. The Morgan fingerprint density at radius 2 is 2.05 bits per heavy atom. The summed E-state index contributed by atoms with van der Waals surface area (Å²) in [4.78, 5) is 17.5. The predicted octanol–water partition coefficient (Wildman–Crippen LogP) is 2.23. The predicted molar refractivity (Wildman–Crippen MR) is 88.4 cm³/mol. The van der Waals surface area contributed by atoms with Gasteiger partial charge in [-0.2, -0.15) is 4.31 Å². The van der Waals surface area contributed by atoms with Crippen LogP contribution in [-0.4, -0.2) is 35.9 Å². The van der Waals surface area contributed by atoms with Crippen molar-refractivity contribution in [2.24, 2.45) is 5.92 Å². The summed E-state index contributed by atoms with van der Waals surface area (Å²) in [5.41, 5.74) is 0.910. The Morgan fingerprint density at radius 1 is 1.36 bits per heavy atom. The third-order valence-electron chi connectivity index (χ3n) is 4.04. The highest BCUT2D eigenvalue weighted by Gasteiger charge is 2.28. The van der Waals surface area contributed by atoms with E-state index in [-0.39, 0.29) is 17.6 Å². The standard InChI is InChI=1S/C14H23N3O3S2/c1-4-10(5-2)13(18)16-14-15-11-7-8-17(9-12(11)21-14)22(19,20)6-3/h10H,4-9H2,1-3H3,(H,15,16,18). The third-order valence-corrected chi connectivity index (χ3v) is 6.87. The molecular weight excluding hydrogens is 322 g/mol. The second kappa shape index (κ2) is 7.06. The average molecular weight is 345 g/mol. The molecule has 0 radical (unpaired) electrons. The first kappa shape index (κ1) is 17.4. The van der Waals surface area contributed by atoms with E-state index in [0.717, 1.165) is 23.4 Å². The SMILES string of the molecule is CCC(CC)C(=O)Nc1nc2c(s1)CN(S(=O)(=O)CC)CC2. The number of nitrogens with zero attached hydrogens (tertiary/aromatic N) is 2. The van der Waals surface area contributed by atoms with E-state index >= 15 is 0 Å². The lowest BCUT2D eigenvalue weighted by molar-refractivity contribution is -0.120. The van der Waals surface area contributed by atoms with E-state index in [1.165, 1.54) is 15.6 Å². The van der Waals surface area contributed by atoms with Crippen molar-refractivity contribution in [1.82, 2.24) is 9.29 Å². The second-order valence-electron chi connectivity index (χ2n) is 5.38. The van der Waals surface area contributed by atoms with Crippen LogP contribution in [0.4, 0.5) is 5.13 Å². The van der Waals surface area contributed by atoms with E-state index < -0.39 is 10.0 Å². The number of carbonyl (C=O) groups is 1. The molecule has 0 aromatic carbocycles. The zero-order valence-electron chi connectivity index (χ0n) is 13.3. The van der Waals surface area contributed by atoms with Gasteiger partial charge in [-0.1, -0.05) is 13.8 Å². The number of aromatic nitrogens is 1. The van der Waals surface area contributed by atoms with Crippen molar-refractivity contribution in [3.05, 3.63) is 10.6 Å². The largest absolute Gasteiger partial charge is 0.302 e. The van der Waals surface area contributed by atoms with Crippen molar-refractivity contribution in [2.75, 3.05) is 17.6 Å². The molecule has 1 aromatic heterocycles. The van der Waals surface area contributed by atoms with E-state index in [0.29, 0.717) is 24.6 Å². The first-order valence-corrected chi connectivity index (χ1v) is 10.1. The Morgan fingerprint density at radius 3 is 2.64 bits per heavy atom. The summed E-state index contributed by atoms with van der Waals surface area (Å²) < 4.78 is 25.4. The van der Waals surface area contributed by atoms with Crippen LogP contribution >= 0.6 is 11.3 Å². The Hall–Kier alpha value is -0.990. The number of rotatable bonds is 6. The lowest BCUT2D eigenvalue weighted by Crippen LogP contribution is -2.36. The van der Waals surface area contributed by atoms with Crippen molar-refractivity contribution in [1.29, 1.82) is 0 Å². The Kier molecular flexibility index (Phi) is 5.57. The molecule has 1 aliphatic rings. The van der Waals surface area contributed by atoms with Crippen molar-refractivity contribution in [3.63, 3.8) is 0 Å². The highest BCUT2D eigenvalue weighted by Crippen LogP contribution is 2.30. The van der Waals surface area contributed by atoms with Gasteiger partial charge in [0.2, 0.25) is 15.9 Å². The van der Waals surface area contributed by atoms with Gasteiger partial charge in [0.05, 0.1) is 11.4 Å². The van der Waals surface area contributed by atoms with Gasteiger partial charge in [0, 0.05) is 30.3 Å². The van der Waals surface area contributed by atoms with Crippen LogP contribution in [0.5, 0.6) is 0 Å². The van der Waals surface area contributed by atoms with Crippen molar-refractivity contribution in [3.8, 4) is 0 Å². The molecule has 2 heterocycles. The third kappa shape index (κ3) is 3.67. The summed E-state index contributed by atoms with van der Waals surface area (Å²) in [5.74, 6) is 0.103. The Balaban J connectivity index is 2.10. The quantitative estimate of drug-likeness (QED) is 0.857. The molecule has 2 rings (SSSR count). The Labute approximate surface area is 136 Å². The molecule has 22 heavy (non-hydrogen) atoms. The fraction of sp³-hybridized carbons (Fsp3) is 0.714. The van der Waals surface area contributed by atoms with Gasteiger partial charge < -0.3 is 5.32 Å². The molecule has 0 spiro atoms. The number of anilines is 1. The van der Waals surface area contributed by atoms with E-state index in [9.17, 15) is 13.2 Å². The summed E-state index contributed by atoms with van der Waals surface area (Å²) in [6.45, 7) is 6.47. The van der Waals surface area contributed by atoms with Crippen LogP contribution in [0.1, 0.15) is 44.2 Å². The van der Waals surface area contributed by atoms with Gasteiger partial charge in [0.25, 0.3) is 0 Å². The van der Waals surface area contributed by atoms with Gasteiger partial charge in [-0.15, -0.1) is 11.3 Å². The van der Waals surface area contributed by atoms with Crippen LogP contribution in [0.2, 0.25) is 0 Å². The smallest absolute Gasteiger partial charge is 0.229 e. The molecule has 0 aliphatic carbocycles. The monoisotopic (exact) mass is 345 g/mol. The fourth-order valence-corrected chi connectivity index (χ4v) is 4.68. The van der Waals surface area contributed by atoms with E-state index in [1.807, 2.05) is 13.8 Å². The van der Waals surface area contributed by atoms with Gasteiger partial charge >= 0.3 is 0 Å². The minimum Gasteiger partial charge on any atom is -0.302 e. The minimum atomic E-state index is -3.17. The van der Waals surface area contributed by atoms with E-state index in [4.69, 9.17) is 0 Å². The molecule has 0 saturated carbocycles. The molecule has 1 N–H and O–H groups in total.